The molecule has 2 aliphatic carbocycles. The van der Waals surface area contributed by atoms with Crippen molar-refractivity contribution in [3.05, 3.63) is 174 Å². The zero-order chi connectivity index (χ0) is 28.1. The molecular weight excluding hydrogens is 518 g/mol. The van der Waals surface area contributed by atoms with E-state index in [1.165, 1.54) is 82.4 Å². The van der Waals surface area contributed by atoms with Crippen molar-refractivity contribution in [1.29, 1.82) is 0 Å². The van der Waals surface area contributed by atoms with Crippen LogP contribution in [-0.4, -0.2) is 4.98 Å². The monoisotopic (exact) mass is 543 g/mol. The Morgan fingerprint density at radius 3 is 1.91 bits per heavy atom. The lowest BCUT2D eigenvalue weighted by atomic mass is 9.61. The van der Waals surface area contributed by atoms with Gasteiger partial charge in [-0.25, -0.2) is 0 Å². The molecule has 1 unspecified atom stereocenters. The van der Waals surface area contributed by atoms with Crippen molar-refractivity contribution in [1.82, 2.24) is 4.98 Å². The zero-order valence-electron chi connectivity index (χ0n) is 23.4. The maximum absolute atomic E-state index is 5.05. The van der Waals surface area contributed by atoms with Crippen molar-refractivity contribution in [3.63, 3.8) is 0 Å². The summed E-state index contributed by atoms with van der Waals surface area (Å²) in [7, 11) is 0. The van der Waals surface area contributed by atoms with Gasteiger partial charge in [-0.1, -0.05) is 127 Å². The molecule has 0 saturated heterocycles. The molecule has 0 fully saturated rings. The topological polar surface area (TPSA) is 12.9 Å². The van der Waals surface area contributed by atoms with E-state index < -0.39 is 5.41 Å². The van der Waals surface area contributed by atoms with Crippen LogP contribution in [0.25, 0.3) is 65.8 Å². The van der Waals surface area contributed by atoms with E-state index in [0.717, 1.165) is 5.69 Å². The fourth-order valence-corrected chi connectivity index (χ4v) is 8.26. The van der Waals surface area contributed by atoms with E-state index in [0.29, 0.717) is 0 Å². The summed E-state index contributed by atoms with van der Waals surface area (Å²) in [6.45, 7) is 0. The minimum Gasteiger partial charge on any atom is -0.256 e. The van der Waals surface area contributed by atoms with Crippen LogP contribution in [0.5, 0.6) is 0 Å². The van der Waals surface area contributed by atoms with Gasteiger partial charge in [-0.15, -0.1) is 0 Å². The second-order valence-electron chi connectivity index (χ2n) is 11.9. The average molecular weight is 544 g/mol. The molecule has 0 N–H and O–H groups in total. The van der Waals surface area contributed by atoms with Gasteiger partial charge in [0, 0.05) is 11.8 Å². The van der Waals surface area contributed by atoms with Crippen LogP contribution in [0.4, 0.5) is 0 Å². The standard InChI is InChI=1S/C42H25N/c1-3-14-30-27(10-1)24-28-11-2-4-15-31(28)39(30)29-21-22-34-38(25-29)42(37-20-9-23-43-41(34)37)35-18-6-5-16-32(35)33-17-7-12-26-13-8-19-36(42)40(26)33/h1-25H. The van der Waals surface area contributed by atoms with Gasteiger partial charge in [0.15, 0.2) is 0 Å². The summed E-state index contributed by atoms with van der Waals surface area (Å²) in [6.07, 6.45) is 1.94. The summed E-state index contributed by atoms with van der Waals surface area (Å²) >= 11 is 0. The summed E-state index contributed by atoms with van der Waals surface area (Å²) < 4.78 is 0. The number of fused-ring (bicyclic) bond motifs is 11. The van der Waals surface area contributed by atoms with Gasteiger partial charge in [-0.2, -0.15) is 0 Å². The van der Waals surface area contributed by atoms with Crippen LogP contribution in [0, 0.1) is 0 Å². The molecule has 198 valence electrons. The molecule has 1 heterocycles. The Kier molecular flexibility index (Phi) is 4.44. The fraction of sp³-hybridized carbons (Fsp3) is 0.0238. The summed E-state index contributed by atoms with van der Waals surface area (Å²) in [5.41, 5.74) is 12.2. The minimum atomic E-state index is -0.472. The second kappa shape index (κ2) is 8.27. The van der Waals surface area contributed by atoms with Crippen LogP contribution in [-0.2, 0) is 5.41 Å². The molecule has 1 atom stereocenters. The predicted octanol–water partition coefficient (Wildman–Crippen LogP) is 10.6. The van der Waals surface area contributed by atoms with Crippen molar-refractivity contribution in [3.8, 4) is 33.5 Å². The van der Waals surface area contributed by atoms with E-state index in [9.17, 15) is 0 Å². The van der Waals surface area contributed by atoms with Crippen LogP contribution in [0.15, 0.2) is 152 Å². The van der Waals surface area contributed by atoms with Crippen LogP contribution in [0.2, 0.25) is 0 Å². The molecule has 1 heteroatoms. The number of benzene rings is 7. The maximum atomic E-state index is 5.05. The van der Waals surface area contributed by atoms with E-state index in [1.54, 1.807) is 0 Å². The molecule has 1 nitrogen and oxygen atoms in total. The first kappa shape index (κ1) is 23.1. The lowest BCUT2D eigenvalue weighted by Gasteiger charge is -2.39. The van der Waals surface area contributed by atoms with Crippen LogP contribution < -0.4 is 0 Å². The van der Waals surface area contributed by atoms with E-state index in [2.05, 4.69) is 146 Å². The van der Waals surface area contributed by atoms with E-state index in [1.807, 2.05) is 6.20 Å². The Morgan fingerprint density at radius 1 is 0.419 bits per heavy atom. The van der Waals surface area contributed by atoms with Crippen molar-refractivity contribution in [2.45, 2.75) is 5.41 Å². The molecule has 0 amide bonds. The Morgan fingerprint density at radius 2 is 1.07 bits per heavy atom. The lowest BCUT2D eigenvalue weighted by Crippen LogP contribution is -2.31. The van der Waals surface area contributed by atoms with Crippen LogP contribution in [0.3, 0.4) is 0 Å². The number of hydrogen-bond donors (Lipinski definition) is 0. The van der Waals surface area contributed by atoms with Crippen LogP contribution >= 0.6 is 0 Å². The number of nitrogens with zero attached hydrogens (tertiary/aromatic N) is 1. The molecular formula is C42H25N. The molecule has 2 aliphatic rings. The summed E-state index contributed by atoms with van der Waals surface area (Å²) in [5.74, 6) is 0. The molecule has 1 aromatic heterocycles. The third kappa shape index (κ3) is 2.84. The highest BCUT2D eigenvalue weighted by Gasteiger charge is 2.50. The van der Waals surface area contributed by atoms with Gasteiger partial charge in [-0.05, 0) is 95.0 Å². The molecule has 43 heavy (non-hydrogen) atoms. The van der Waals surface area contributed by atoms with E-state index >= 15 is 0 Å². The van der Waals surface area contributed by atoms with Crippen molar-refractivity contribution in [2.24, 2.45) is 0 Å². The predicted molar refractivity (Wildman–Crippen MR) is 178 cm³/mol. The highest BCUT2D eigenvalue weighted by atomic mass is 14.7. The van der Waals surface area contributed by atoms with Gasteiger partial charge in [0.1, 0.15) is 0 Å². The zero-order valence-corrected chi connectivity index (χ0v) is 23.4. The fourth-order valence-electron chi connectivity index (χ4n) is 8.26. The van der Waals surface area contributed by atoms with Gasteiger partial charge in [0.05, 0.1) is 11.1 Å². The Hall–Kier alpha value is -5.53. The largest absolute Gasteiger partial charge is 0.256 e. The Balaban J connectivity index is 1.39. The van der Waals surface area contributed by atoms with Crippen molar-refractivity contribution in [2.75, 3.05) is 0 Å². The normalized spacial score (nSPS) is 16.0. The smallest absolute Gasteiger partial charge is 0.0753 e. The van der Waals surface area contributed by atoms with Crippen molar-refractivity contribution < 1.29 is 0 Å². The van der Waals surface area contributed by atoms with Gasteiger partial charge in [0.2, 0.25) is 0 Å². The maximum Gasteiger partial charge on any atom is 0.0753 e. The highest BCUT2D eigenvalue weighted by Crippen LogP contribution is 2.61. The van der Waals surface area contributed by atoms with Gasteiger partial charge < -0.3 is 0 Å². The minimum absolute atomic E-state index is 0.472. The second-order valence-corrected chi connectivity index (χ2v) is 11.9. The average Bonchev–Trinajstić information content (AvgIpc) is 3.36. The third-order valence-electron chi connectivity index (χ3n) is 9.88. The van der Waals surface area contributed by atoms with Crippen LogP contribution in [0.1, 0.15) is 22.3 Å². The molecule has 10 rings (SSSR count). The molecule has 0 saturated carbocycles. The number of rotatable bonds is 1. The highest BCUT2D eigenvalue weighted by molar-refractivity contribution is 6.13. The number of pyridine rings is 1. The molecule has 0 radical (unpaired) electrons. The molecule has 0 bridgehead atoms. The Bertz CT molecular complexity index is 2410. The first-order valence-electron chi connectivity index (χ1n) is 15.0. The van der Waals surface area contributed by atoms with Gasteiger partial charge in [0.25, 0.3) is 0 Å². The van der Waals surface area contributed by atoms with Crippen molar-refractivity contribution >= 4 is 32.3 Å². The quantitative estimate of drug-likeness (QED) is 0.188. The first-order chi connectivity index (χ1) is 21.3. The number of hydrogen-bond acceptors (Lipinski definition) is 1. The third-order valence-corrected chi connectivity index (χ3v) is 9.88. The van der Waals surface area contributed by atoms with E-state index in [-0.39, 0.29) is 0 Å². The molecule has 0 aliphatic heterocycles. The lowest BCUT2D eigenvalue weighted by molar-refractivity contribution is 0.771. The van der Waals surface area contributed by atoms with E-state index in [4.69, 9.17) is 4.98 Å². The summed E-state index contributed by atoms with van der Waals surface area (Å²) in [6, 6.07) is 54.0. The first-order valence-corrected chi connectivity index (χ1v) is 15.0. The Labute approximate surface area is 249 Å². The molecule has 1 spiro atoms. The molecule has 7 aromatic carbocycles. The van der Waals surface area contributed by atoms with Gasteiger partial charge in [-0.3, -0.25) is 4.98 Å². The summed E-state index contributed by atoms with van der Waals surface area (Å²) in [5, 5.41) is 7.70. The summed E-state index contributed by atoms with van der Waals surface area (Å²) in [4.78, 5) is 5.05. The molecule has 8 aromatic rings. The number of aromatic nitrogens is 1. The van der Waals surface area contributed by atoms with Gasteiger partial charge >= 0.3 is 0 Å². The SMILES string of the molecule is c1ccc2c(c1)-c1cccc3cccc(c13)C21c2cc(-c3c4ccccc4cc4ccccc34)ccc2-c2ncccc21.